The number of rotatable bonds is 2. The standard InChI is InChI=1S/C20H37F2N3/c1-17(2,3)24-9-7-16(8-10-24)11-23-12-19(20(21,22)15-23)13-25(14-19)18(4,5)6/h16H,7-15H2,1-6H3. The fourth-order valence-electron chi connectivity index (χ4n) is 4.82. The molecule has 0 aliphatic carbocycles. The molecule has 0 aromatic heterocycles. The summed E-state index contributed by atoms with van der Waals surface area (Å²) in [4.78, 5) is 6.79. The molecular weight excluding hydrogens is 320 g/mol. The summed E-state index contributed by atoms with van der Waals surface area (Å²) in [6, 6.07) is 0. The number of hydrogen-bond donors (Lipinski definition) is 0. The van der Waals surface area contributed by atoms with E-state index in [1.807, 2.05) is 0 Å². The van der Waals surface area contributed by atoms with Gasteiger partial charge in [0, 0.05) is 37.3 Å². The van der Waals surface area contributed by atoms with Gasteiger partial charge in [-0.15, -0.1) is 0 Å². The monoisotopic (exact) mass is 357 g/mol. The summed E-state index contributed by atoms with van der Waals surface area (Å²) in [6.07, 6.45) is 2.28. The van der Waals surface area contributed by atoms with Crippen LogP contribution in [-0.4, -0.2) is 77.5 Å². The molecule has 3 heterocycles. The predicted molar refractivity (Wildman–Crippen MR) is 99.2 cm³/mol. The topological polar surface area (TPSA) is 9.72 Å². The average molecular weight is 358 g/mol. The van der Waals surface area contributed by atoms with Gasteiger partial charge in [-0.05, 0) is 73.4 Å². The Balaban J connectivity index is 1.53. The lowest BCUT2D eigenvalue weighted by molar-refractivity contribution is -0.176. The lowest BCUT2D eigenvalue weighted by atomic mass is 9.74. The summed E-state index contributed by atoms with van der Waals surface area (Å²) in [5.41, 5.74) is -0.584. The number of piperidine rings is 1. The van der Waals surface area contributed by atoms with Crippen LogP contribution in [0, 0.1) is 11.3 Å². The van der Waals surface area contributed by atoms with Crippen LogP contribution in [-0.2, 0) is 0 Å². The van der Waals surface area contributed by atoms with Crippen LogP contribution >= 0.6 is 0 Å². The highest BCUT2D eigenvalue weighted by Crippen LogP contribution is 2.51. The number of hydrogen-bond acceptors (Lipinski definition) is 3. The van der Waals surface area contributed by atoms with Crippen molar-refractivity contribution in [3.8, 4) is 0 Å². The van der Waals surface area contributed by atoms with Crippen LogP contribution in [0.25, 0.3) is 0 Å². The smallest absolute Gasteiger partial charge is 0.269 e. The van der Waals surface area contributed by atoms with Crippen molar-refractivity contribution in [1.82, 2.24) is 14.7 Å². The first-order chi connectivity index (χ1) is 11.3. The van der Waals surface area contributed by atoms with Gasteiger partial charge in [0.2, 0.25) is 0 Å². The molecule has 0 bridgehead atoms. The first-order valence-corrected chi connectivity index (χ1v) is 9.93. The molecule has 5 heteroatoms. The molecule has 146 valence electrons. The summed E-state index contributed by atoms with van der Waals surface area (Å²) in [7, 11) is 0. The van der Waals surface area contributed by atoms with E-state index < -0.39 is 11.3 Å². The molecule has 25 heavy (non-hydrogen) atoms. The van der Waals surface area contributed by atoms with Crippen LogP contribution in [0.2, 0.25) is 0 Å². The maximum absolute atomic E-state index is 14.8. The number of alkyl halides is 2. The van der Waals surface area contributed by atoms with Gasteiger partial charge in [0.1, 0.15) is 0 Å². The molecule has 3 fully saturated rings. The number of likely N-dealkylation sites (tertiary alicyclic amines) is 3. The van der Waals surface area contributed by atoms with E-state index in [2.05, 4.69) is 56.2 Å². The van der Waals surface area contributed by atoms with Crippen molar-refractivity contribution in [2.45, 2.75) is 71.4 Å². The van der Waals surface area contributed by atoms with Gasteiger partial charge in [-0.2, -0.15) is 0 Å². The quantitative estimate of drug-likeness (QED) is 0.748. The zero-order valence-electron chi connectivity index (χ0n) is 17.0. The molecule has 3 saturated heterocycles. The summed E-state index contributed by atoms with van der Waals surface area (Å²) in [5, 5.41) is 0. The van der Waals surface area contributed by atoms with Crippen molar-refractivity contribution in [3.63, 3.8) is 0 Å². The Morgan fingerprint density at radius 2 is 1.32 bits per heavy atom. The normalized spacial score (nSPS) is 29.3. The van der Waals surface area contributed by atoms with E-state index in [9.17, 15) is 8.78 Å². The van der Waals surface area contributed by atoms with E-state index in [1.165, 1.54) is 0 Å². The third-order valence-corrected chi connectivity index (χ3v) is 6.74. The summed E-state index contributed by atoms with van der Waals surface area (Å²) in [6.45, 7) is 17.8. The van der Waals surface area contributed by atoms with E-state index in [1.54, 1.807) is 0 Å². The van der Waals surface area contributed by atoms with Gasteiger partial charge in [0.05, 0.1) is 12.0 Å². The molecule has 0 atom stereocenters. The van der Waals surface area contributed by atoms with Gasteiger partial charge in [-0.25, -0.2) is 8.78 Å². The van der Waals surface area contributed by atoms with Crippen molar-refractivity contribution in [2.75, 3.05) is 45.8 Å². The Labute approximate surface area is 152 Å². The Bertz CT molecular complexity index is 478. The van der Waals surface area contributed by atoms with E-state index in [0.717, 1.165) is 32.5 Å². The second-order valence-corrected chi connectivity index (χ2v) is 10.8. The highest BCUT2D eigenvalue weighted by Gasteiger charge is 2.66. The lowest BCUT2D eigenvalue weighted by Crippen LogP contribution is -2.68. The Morgan fingerprint density at radius 3 is 1.80 bits per heavy atom. The van der Waals surface area contributed by atoms with Crippen molar-refractivity contribution in [1.29, 1.82) is 0 Å². The molecule has 3 rings (SSSR count). The number of nitrogens with zero attached hydrogens (tertiary/aromatic N) is 3. The minimum Gasteiger partial charge on any atom is -0.298 e. The van der Waals surface area contributed by atoms with Crippen LogP contribution in [0.5, 0.6) is 0 Å². The first-order valence-electron chi connectivity index (χ1n) is 9.93. The molecule has 1 spiro atoms. The molecule has 0 radical (unpaired) electrons. The highest BCUT2D eigenvalue weighted by molar-refractivity contribution is 5.13. The fourth-order valence-corrected chi connectivity index (χ4v) is 4.82. The molecule has 0 saturated carbocycles. The van der Waals surface area contributed by atoms with Crippen molar-refractivity contribution in [3.05, 3.63) is 0 Å². The summed E-state index contributed by atoms with van der Waals surface area (Å²) < 4.78 is 29.5. The van der Waals surface area contributed by atoms with Gasteiger partial charge in [-0.3, -0.25) is 14.7 Å². The SMILES string of the molecule is CC(C)(C)N1CCC(CN2CC(F)(F)C3(C2)CN(C(C)(C)C)C3)CC1. The number of halogens is 2. The zero-order chi connectivity index (χ0) is 18.7. The van der Waals surface area contributed by atoms with E-state index in [-0.39, 0.29) is 17.6 Å². The van der Waals surface area contributed by atoms with Crippen LogP contribution in [0.4, 0.5) is 8.78 Å². The van der Waals surface area contributed by atoms with E-state index in [4.69, 9.17) is 0 Å². The summed E-state index contributed by atoms with van der Waals surface area (Å²) >= 11 is 0. The third kappa shape index (κ3) is 3.74. The van der Waals surface area contributed by atoms with Crippen LogP contribution < -0.4 is 0 Å². The molecule has 3 aliphatic heterocycles. The zero-order valence-corrected chi connectivity index (χ0v) is 17.0. The Kier molecular flexibility index (Phi) is 4.78. The minimum absolute atomic E-state index is 0.00542. The molecule has 0 N–H and O–H groups in total. The molecule has 0 aromatic carbocycles. The Morgan fingerprint density at radius 1 is 0.800 bits per heavy atom. The highest BCUT2D eigenvalue weighted by atomic mass is 19.3. The maximum Gasteiger partial charge on any atom is 0.269 e. The van der Waals surface area contributed by atoms with Crippen LogP contribution in [0.15, 0.2) is 0 Å². The largest absolute Gasteiger partial charge is 0.298 e. The van der Waals surface area contributed by atoms with Gasteiger partial charge < -0.3 is 0 Å². The van der Waals surface area contributed by atoms with Gasteiger partial charge in [-0.1, -0.05) is 0 Å². The first kappa shape index (κ1) is 19.5. The van der Waals surface area contributed by atoms with Crippen molar-refractivity contribution in [2.24, 2.45) is 11.3 Å². The average Bonchev–Trinajstić information content (AvgIpc) is 2.66. The van der Waals surface area contributed by atoms with Crippen LogP contribution in [0.3, 0.4) is 0 Å². The molecule has 0 aromatic rings. The van der Waals surface area contributed by atoms with Gasteiger partial charge in [0.25, 0.3) is 5.92 Å². The molecule has 0 unspecified atom stereocenters. The Hall–Kier alpha value is -0.260. The van der Waals surface area contributed by atoms with Gasteiger partial charge >= 0.3 is 0 Å². The molecular formula is C20H37F2N3. The third-order valence-electron chi connectivity index (χ3n) is 6.74. The fraction of sp³-hybridized carbons (Fsp3) is 1.00. The lowest BCUT2D eigenvalue weighted by Gasteiger charge is -2.55. The van der Waals surface area contributed by atoms with Crippen molar-refractivity contribution >= 4 is 0 Å². The van der Waals surface area contributed by atoms with E-state index >= 15 is 0 Å². The van der Waals surface area contributed by atoms with Crippen LogP contribution in [0.1, 0.15) is 54.4 Å². The van der Waals surface area contributed by atoms with Crippen molar-refractivity contribution < 1.29 is 8.78 Å². The molecule has 0 amide bonds. The minimum atomic E-state index is -2.54. The predicted octanol–water partition coefficient (Wildman–Crippen LogP) is 3.55. The summed E-state index contributed by atoms with van der Waals surface area (Å²) in [5.74, 6) is -1.97. The second-order valence-electron chi connectivity index (χ2n) is 10.8. The molecule has 3 aliphatic rings. The molecule has 3 nitrogen and oxygen atoms in total. The van der Waals surface area contributed by atoms with Gasteiger partial charge in [0.15, 0.2) is 0 Å². The van der Waals surface area contributed by atoms with E-state index in [0.29, 0.717) is 25.6 Å². The maximum atomic E-state index is 14.8. The second kappa shape index (κ2) is 6.13.